The quantitative estimate of drug-likeness (QED) is 0.393. The molecule has 9 nitrogen and oxygen atoms in total. The lowest BCUT2D eigenvalue weighted by Gasteiger charge is -2.14. The molecule has 172 valence electrons. The minimum atomic E-state index is -0.183. The molecule has 1 N–H and O–H groups in total. The van der Waals surface area contributed by atoms with Gasteiger partial charge in [-0.1, -0.05) is 36.0 Å². The number of amides is 1. The molecule has 10 heteroatoms. The zero-order chi connectivity index (χ0) is 24.0. The van der Waals surface area contributed by atoms with Gasteiger partial charge in [-0.05, 0) is 50.1 Å². The number of fused-ring (bicyclic) bond motifs is 3. The molecule has 34 heavy (non-hydrogen) atoms. The number of aryl methyl sites for hydroxylation is 4. The van der Waals surface area contributed by atoms with E-state index in [0.29, 0.717) is 27.7 Å². The Morgan fingerprint density at radius 1 is 1.06 bits per heavy atom. The molecule has 3 aromatic heterocycles. The van der Waals surface area contributed by atoms with Crippen molar-refractivity contribution in [3.63, 3.8) is 0 Å². The number of nitrogens with zero attached hydrogens (tertiary/aromatic N) is 6. The van der Waals surface area contributed by atoms with Crippen molar-refractivity contribution in [3.05, 3.63) is 75.7 Å². The minimum Gasteiger partial charge on any atom is -0.310 e. The molecule has 0 aliphatic rings. The van der Waals surface area contributed by atoms with E-state index in [1.807, 2.05) is 67.6 Å². The number of hydrogen-bond donors (Lipinski definition) is 1. The van der Waals surface area contributed by atoms with E-state index in [2.05, 4.69) is 20.6 Å². The second-order valence-corrected chi connectivity index (χ2v) is 9.14. The first-order chi connectivity index (χ1) is 16.3. The smallest absolute Gasteiger partial charge is 0.267 e. The van der Waals surface area contributed by atoms with Crippen LogP contribution < -0.4 is 10.9 Å². The van der Waals surface area contributed by atoms with Crippen molar-refractivity contribution in [2.24, 2.45) is 7.05 Å². The van der Waals surface area contributed by atoms with Gasteiger partial charge < -0.3 is 5.32 Å². The zero-order valence-corrected chi connectivity index (χ0v) is 20.1. The number of nitrogens with one attached hydrogen (secondary N) is 1. The number of carbonyl (C=O) groups excluding carboxylic acids is 1. The Labute approximate surface area is 199 Å². The Hall–Kier alpha value is -3.92. The van der Waals surface area contributed by atoms with Gasteiger partial charge in [-0.3, -0.25) is 18.7 Å². The Morgan fingerprint density at radius 2 is 1.85 bits per heavy atom. The van der Waals surface area contributed by atoms with Gasteiger partial charge >= 0.3 is 0 Å². The molecule has 1 amide bonds. The molecular formula is C24H23N7O2S. The molecule has 3 heterocycles. The van der Waals surface area contributed by atoms with Crippen LogP contribution in [0.1, 0.15) is 16.8 Å². The highest BCUT2D eigenvalue weighted by Gasteiger charge is 2.20. The molecule has 0 fully saturated rings. The molecule has 0 unspecified atom stereocenters. The van der Waals surface area contributed by atoms with Crippen LogP contribution in [-0.2, 0) is 11.8 Å². The molecule has 0 saturated heterocycles. The number of rotatable bonds is 5. The highest BCUT2D eigenvalue weighted by molar-refractivity contribution is 7.99. The SMILES string of the molecule is Cc1ccc(C)c(-n2c(=O)c3ccccc3n3c(SCC(=O)Nc4cc(C)nn4C)nnc23)c1. The van der Waals surface area contributed by atoms with Crippen molar-refractivity contribution in [1.82, 2.24) is 28.9 Å². The summed E-state index contributed by atoms with van der Waals surface area (Å²) in [5.41, 5.74) is 4.10. The van der Waals surface area contributed by atoms with Gasteiger partial charge in [-0.15, -0.1) is 10.2 Å². The molecule has 5 rings (SSSR count). The van der Waals surface area contributed by atoms with E-state index < -0.39 is 0 Å². The lowest BCUT2D eigenvalue weighted by atomic mass is 10.1. The second kappa shape index (κ2) is 8.45. The summed E-state index contributed by atoms with van der Waals surface area (Å²) in [5.74, 6) is 0.977. The van der Waals surface area contributed by atoms with Crippen molar-refractivity contribution >= 4 is 40.2 Å². The largest absolute Gasteiger partial charge is 0.310 e. The third-order valence-electron chi connectivity index (χ3n) is 5.60. The normalized spacial score (nSPS) is 11.4. The van der Waals surface area contributed by atoms with Crippen LogP contribution in [-0.4, -0.2) is 40.6 Å². The van der Waals surface area contributed by atoms with Crippen molar-refractivity contribution < 1.29 is 4.79 Å². The highest BCUT2D eigenvalue weighted by atomic mass is 32.2. The summed E-state index contributed by atoms with van der Waals surface area (Å²) in [6.45, 7) is 5.82. The standard InChI is InChI=1S/C24H23N7O2S/c1-14-9-10-15(2)19(11-14)30-22(33)17-7-5-6-8-18(17)31-23(30)26-27-24(31)34-13-21(32)25-20-12-16(3)28-29(20)4/h5-12H,13H2,1-4H3,(H,25,32). The topological polar surface area (TPSA) is 99.1 Å². The Morgan fingerprint density at radius 3 is 2.62 bits per heavy atom. The third-order valence-corrected chi connectivity index (χ3v) is 6.53. The average Bonchev–Trinajstić information content (AvgIpc) is 3.37. The fraction of sp³-hybridized carbons (Fsp3) is 0.208. The van der Waals surface area contributed by atoms with Crippen LogP contribution >= 0.6 is 11.8 Å². The number of carbonyl (C=O) groups is 1. The summed E-state index contributed by atoms with van der Waals surface area (Å²) in [5, 5.41) is 16.9. The van der Waals surface area contributed by atoms with Crippen LogP contribution in [0.25, 0.3) is 22.4 Å². The fourth-order valence-electron chi connectivity index (χ4n) is 3.99. The predicted molar refractivity (Wildman–Crippen MR) is 133 cm³/mol. The number of anilines is 1. The van der Waals surface area contributed by atoms with Crippen LogP contribution in [0.2, 0.25) is 0 Å². The number of aromatic nitrogens is 6. The van der Waals surface area contributed by atoms with E-state index >= 15 is 0 Å². The highest BCUT2D eigenvalue weighted by Crippen LogP contribution is 2.25. The van der Waals surface area contributed by atoms with E-state index in [9.17, 15) is 9.59 Å². The van der Waals surface area contributed by atoms with Crippen LogP contribution in [0.5, 0.6) is 0 Å². The fourth-order valence-corrected chi connectivity index (χ4v) is 4.73. The number of para-hydroxylation sites is 1. The average molecular weight is 474 g/mol. The number of benzene rings is 2. The van der Waals surface area contributed by atoms with Crippen molar-refractivity contribution in [1.29, 1.82) is 0 Å². The van der Waals surface area contributed by atoms with Gasteiger partial charge in [0, 0.05) is 13.1 Å². The predicted octanol–water partition coefficient (Wildman–Crippen LogP) is 3.42. The second-order valence-electron chi connectivity index (χ2n) is 8.20. The third kappa shape index (κ3) is 3.75. The van der Waals surface area contributed by atoms with E-state index in [1.165, 1.54) is 11.8 Å². The molecular weight excluding hydrogens is 450 g/mol. The summed E-state index contributed by atoms with van der Waals surface area (Å²) in [6.07, 6.45) is 0. The minimum absolute atomic E-state index is 0.127. The first-order valence-electron chi connectivity index (χ1n) is 10.7. The zero-order valence-electron chi connectivity index (χ0n) is 19.2. The molecule has 0 spiro atoms. The van der Waals surface area contributed by atoms with Gasteiger partial charge in [-0.2, -0.15) is 5.10 Å². The van der Waals surface area contributed by atoms with Crippen LogP contribution in [0.15, 0.2) is 58.5 Å². The van der Waals surface area contributed by atoms with Gasteiger partial charge in [0.2, 0.25) is 11.7 Å². The molecule has 5 aromatic rings. The molecule has 0 bridgehead atoms. The Kier molecular flexibility index (Phi) is 5.45. The molecule has 0 saturated carbocycles. The summed E-state index contributed by atoms with van der Waals surface area (Å²) in [7, 11) is 1.78. The van der Waals surface area contributed by atoms with Crippen LogP contribution in [0, 0.1) is 20.8 Å². The lowest BCUT2D eigenvalue weighted by molar-refractivity contribution is -0.113. The molecule has 0 atom stereocenters. The van der Waals surface area contributed by atoms with Gasteiger partial charge in [0.05, 0.1) is 28.0 Å². The van der Waals surface area contributed by atoms with Crippen molar-refractivity contribution in [2.75, 3.05) is 11.1 Å². The van der Waals surface area contributed by atoms with Gasteiger partial charge in [0.15, 0.2) is 5.16 Å². The summed E-state index contributed by atoms with van der Waals surface area (Å²) in [6, 6.07) is 15.1. The summed E-state index contributed by atoms with van der Waals surface area (Å²) >= 11 is 1.26. The van der Waals surface area contributed by atoms with Gasteiger partial charge in [0.1, 0.15) is 5.82 Å². The molecule has 0 aliphatic carbocycles. The Bertz CT molecular complexity index is 1630. The molecule has 0 aliphatic heterocycles. The van der Waals surface area contributed by atoms with Gasteiger partial charge in [-0.25, -0.2) is 4.57 Å². The molecule has 2 aromatic carbocycles. The van der Waals surface area contributed by atoms with Crippen molar-refractivity contribution in [3.8, 4) is 5.69 Å². The van der Waals surface area contributed by atoms with E-state index in [4.69, 9.17) is 0 Å². The first-order valence-corrected chi connectivity index (χ1v) is 11.7. The number of thioether (sulfide) groups is 1. The maximum atomic E-state index is 13.5. The molecule has 0 radical (unpaired) electrons. The van der Waals surface area contributed by atoms with E-state index in [0.717, 1.165) is 22.5 Å². The van der Waals surface area contributed by atoms with E-state index in [-0.39, 0.29) is 17.2 Å². The lowest BCUT2D eigenvalue weighted by Crippen LogP contribution is -2.22. The Balaban J connectivity index is 1.59. The maximum Gasteiger partial charge on any atom is 0.267 e. The van der Waals surface area contributed by atoms with Crippen molar-refractivity contribution in [2.45, 2.75) is 25.9 Å². The van der Waals surface area contributed by atoms with E-state index in [1.54, 1.807) is 22.4 Å². The van der Waals surface area contributed by atoms with Crippen LogP contribution in [0.3, 0.4) is 0 Å². The van der Waals surface area contributed by atoms with Gasteiger partial charge in [0.25, 0.3) is 5.56 Å². The summed E-state index contributed by atoms with van der Waals surface area (Å²) in [4.78, 5) is 26.1. The monoisotopic (exact) mass is 473 g/mol. The first kappa shape index (κ1) is 21.9. The summed E-state index contributed by atoms with van der Waals surface area (Å²) < 4.78 is 5.06. The maximum absolute atomic E-state index is 13.5. The number of hydrogen-bond acceptors (Lipinski definition) is 6. The van der Waals surface area contributed by atoms with Crippen LogP contribution in [0.4, 0.5) is 5.82 Å².